The molecule has 1 aromatic rings. The molecule has 1 unspecified atom stereocenters. The summed E-state index contributed by atoms with van der Waals surface area (Å²) in [7, 11) is 0.480. The molecule has 4 rings (SSSR count). The Kier molecular flexibility index (Phi) is 8.73. The van der Waals surface area contributed by atoms with E-state index in [-0.39, 0.29) is 35.7 Å². The van der Waals surface area contributed by atoms with Crippen molar-refractivity contribution in [2.45, 2.75) is 74.9 Å². The summed E-state index contributed by atoms with van der Waals surface area (Å²) in [5, 5.41) is 20.8. The van der Waals surface area contributed by atoms with Crippen LogP contribution in [-0.4, -0.2) is 48.3 Å². The summed E-state index contributed by atoms with van der Waals surface area (Å²) in [6.45, 7) is 0. The highest BCUT2D eigenvalue weighted by molar-refractivity contribution is 6.40. The highest BCUT2D eigenvalue weighted by Crippen LogP contribution is 2.54. The first-order valence-corrected chi connectivity index (χ1v) is 10.5. The number of amides is 1. The molecule has 1 amide bonds. The van der Waals surface area contributed by atoms with Crippen molar-refractivity contribution in [2.24, 2.45) is 10.7 Å². The number of ether oxygens (including phenoxy) is 1. The lowest BCUT2D eigenvalue weighted by atomic mass is 9.56. The average Bonchev–Trinajstić information content (AvgIpc) is 2.75. The fraction of sp³-hybridized carbons (Fsp3) is 0.619. The largest absolute Gasteiger partial charge is 0.451 e. The van der Waals surface area contributed by atoms with E-state index in [9.17, 15) is 4.79 Å². The molecule has 3 aliphatic rings. The van der Waals surface area contributed by atoms with Crippen LogP contribution in [-0.2, 0) is 10.2 Å². The Morgan fingerprint density at radius 3 is 2.33 bits per heavy atom. The highest BCUT2D eigenvalue weighted by Gasteiger charge is 2.49. The highest BCUT2D eigenvalue weighted by atomic mass is 35.5. The summed E-state index contributed by atoms with van der Waals surface area (Å²) in [6.07, 6.45) is 8.63. The summed E-state index contributed by atoms with van der Waals surface area (Å²) >= 11 is 0. The Balaban J connectivity index is 0.00000320. The van der Waals surface area contributed by atoms with Crippen LogP contribution in [0.4, 0.5) is 0 Å². The minimum Gasteiger partial charge on any atom is -0.427 e. The molecule has 30 heavy (non-hydrogen) atoms. The minimum atomic E-state index is -1.35. The molecule has 1 atom stereocenters. The van der Waals surface area contributed by atoms with Gasteiger partial charge in [0.25, 0.3) is 5.91 Å². The molecule has 0 saturated heterocycles. The molecule has 3 fully saturated rings. The molecule has 0 heterocycles. The third kappa shape index (κ3) is 5.55. The van der Waals surface area contributed by atoms with E-state index < -0.39 is 13.3 Å². The summed E-state index contributed by atoms with van der Waals surface area (Å²) in [5.74, 6) is -0.208. The summed E-state index contributed by atoms with van der Waals surface area (Å²) in [6, 6.07) is 7.94. The molecule has 1 aromatic carbocycles. The number of fused-ring (bicyclic) bond motifs is 3. The second-order valence-corrected chi connectivity index (χ2v) is 8.44. The van der Waals surface area contributed by atoms with E-state index in [4.69, 9.17) is 20.5 Å². The second-order valence-electron chi connectivity index (χ2n) is 8.44. The van der Waals surface area contributed by atoms with Crippen molar-refractivity contribution < 1.29 is 19.6 Å². The number of hydrogen-bond acceptors (Lipinski definition) is 5. The molecule has 0 spiro atoms. The van der Waals surface area contributed by atoms with Gasteiger partial charge in [0.2, 0.25) is 0 Å². The lowest BCUT2D eigenvalue weighted by molar-refractivity contribution is -0.0955. The van der Waals surface area contributed by atoms with E-state index in [1.54, 1.807) is 0 Å². The van der Waals surface area contributed by atoms with Gasteiger partial charge < -0.3 is 25.8 Å². The normalized spacial score (nSPS) is 26.2. The number of benzene rings is 1. The monoisotopic (exact) mass is 437 g/mol. The maximum Gasteiger partial charge on any atom is 0.451 e. The first-order valence-electron chi connectivity index (χ1n) is 10.5. The van der Waals surface area contributed by atoms with Crippen LogP contribution < -0.4 is 11.1 Å². The Labute approximate surface area is 185 Å². The lowest BCUT2D eigenvalue weighted by Gasteiger charge is -2.53. The average molecular weight is 438 g/mol. The Morgan fingerprint density at radius 2 is 1.83 bits per heavy atom. The van der Waals surface area contributed by atoms with Crippen LogP contribution in [0, 0.1) is 0 Å². The van der Waals surface area contributed by atoms with Crippen molar-refractivity contribution in [1.82, 2.24) is 5.32 Å². The molecule has 0 radical (unpaired) electrons. The van der Waals surface area contributed by atoms with E-state index in [0.717, 1.165) is 44.9 Å². The van der Waals surface area contributed by atoms with Gasteiger partial charge in [0.15, 0.2) is 0 Å². The van der Waals surface area contributed by atoms with Crippen molar-refractivity contribution in [3.8, 4) is 0 Å². The predicted molar refractivity (Wildman–Crippen MR) is 121 cm³/mol. The van der Waals surface area contributed by atoms with Crippen LogP contribution in [0.15, 0.2) is 29.3 Å². The molecule has 166 valence electrons. The van der Waals surface area contributed by atoms with Gasteiger partial charge in [0.05, 0.1) is 11.9 Å². The van der Waals surface area contributed by atoms with Crippen molar-refractivity contribution in [3.63, 3.8) is 0 Å². The summed E-state index contributed by atoms with van der Waals surface area (Å²) < 4.78 is 5.79. The smallest absolute Gasteiger partial charge is 0.427 e. The molecule has 9 heteroatoms. The number of nitrogens with zero attached hydrogens (tertiary/aromatic N) is 1. The Bertz CT molecular complexity index is 705. The van der Waals surface area contributed by atoms with E-state index in [1.165, 1.54) is 5.56 Å². The molecule has 7 nitrogen and oxygen atoms in total. The maximum absolute atomic E-state index is 12.6. The third-order valence-electron chi connectivity index (χ3n) is 6.87. The van der Waals surface area contributed by atoms with Gasteiger partial charge in [-0.3, -0.25) is 9.79 Å². The predicted octanol–water partition coefficient (Wildman–Crippen LogP) is 2.40. The van der Waals surface area contributed by atoms with Gasteiger partial charge in [-0.1, -0.05) is 18.6 Å². The number of aliphatic imine (C=N–C) groups is 1. The van der Waals surface area contributed by atoms with E-state index in [2.05, 4.69) is 22.4 Å². The zero-order chi connectivity index (χ0) is 20.9. The summed E-state index contributed by atoms with van der Waals surface area (Å²) in [4.78, 5) is 16.7. The molecule has 0 aliphatic heterocycles. The number of nitrogens with one attached hydrogen (secondary N) is 1. The van der Waals surface area contributed by atoms with E-state index in [1.807, 2.05) is 19.2 Å². The number of methoxy groups -OCH3 is 1. The van der Waals surface area contributed by atoms with E-state index >= 15 is 0 Å². The number of carbonyl (C=O) groups is 1. The molecule has 3 aliphatic carbocycles. The second kappa shape index (κ2) is 10.6. The topological polar surface area (TPSA) is 117 Å². The van der Waals surface area contributed by atoms with Crippen LogP contribution >= 0.6 is 12.4 Å². The quantitative estimate of drug-likeness (QED) is 0.269. The van der Waals surface area contributed by atoms with Crippen molar-refractivity contribution in [1.29, 1.82) is 0 Å². The molecular weight excluding hydrogens is 405 g/mol. The summed E-state index contributed by atoms with van der Waals surface area (Å²) in [5.41, 5.74) is 7.58. The number of nitrogens with two attached hydrogens (primary N) is 1. The SMILES string of the molecule is COC12CCC(c3ccc(C(=O)NC(CCCB(O)O)N=CN)cc3)(CC1)CC2.Cl. The van der Waals surface area contributed by atoms with Crippen LogP contribution in [0.1, 0.15) is 67.3 Å². The molecule has 3 saturated carbocycles. The van der Waals surface area contributed by atoms with Crippen molar-refractivity contribution in [3.05, 3.63) is 35.4 Å². The van der Waals surface area contributed by atoms with Crippen LogP contribution in [0.5, 0.6) is 0 Å². The molecule has 0 aromatic heterocycles. The standard InChI is InChI=1S/C21H32BN3O4.ClH/c1-29-21-11-8-20(9-12-21,10-13-21)17-6-4-16(5-7-17)19(26)25-18(24-15-23)3-2-14-22(27)28;/h4-7,15,18,27-28H,2-3,8-14H2,1H3,(H2,23,24)(H,25,26);1H. The number of rotatable bonds is 9. The Hall–Kier alpha value is -1.61. The fourth-order valence-corrected chi connectivity index (χ4v) is 4.88. The third-order valence-corrected chi connectivity index (χ3v) is 6.87. The zero-order valence-electron chi connectivity index (χ0n) is 17.5. The number of carbonyl (C=O) groups excluding carboxylic acids is 1. The van der Waals surface area contributed by atoms with Crippen LogP contribution in [0.2, 0.25) is 6.32 Å². The fourth-order valence-electron chi connectivity index (χ4n) is 4.88. The van der Waals surface area contributed by atoms with Gasteiger partial charge in [-0.05, 0) is 74.4 Å². The van der Waals surface area contributed by atoms with Gasteiger partial charge in [0.1, 0.15) is 6.17 Å². The van der Waals surface area contributed by atoms with Crippen molar-refractivity contribution in [2.75, 3.05) is 7.11 Å². The Morgan fingerprint density at radius 1 is 1.23 bits per heavy atom. The maximum atomic E-state index is 12.6. The van der Waals surface area contributed by atoms with Gasteiger partial charge in [-0.2, -0.15) is 0 Å². The first kappa shape index (κ1) is 24.7. The van der Waals surface area contributed by atoms with Gasteiger partial charge in [0, 0.05) is 12.7 Å². The molecule has 2 bridgehead atoms. The van der Waals surface area contributed by atoms with Crippen molar-refractivity contribution >= 4 is 31.8 Å². The lowest BCUT2D eigenvalue weighted by Crippen LogP contribution is -2.49. The number of hydrogen-bond donors (Lipinski definition) is 4. The first-order chi connectivity index (χ1) is 13.9. The van der Waals surface area contributed by atoms with Crippen LogP contribution in [0.3, 0.4) is 0 Å². The molecule has 5 N–H and O–H groups in total. The van der Waals surface area contributed by atoms with Gasteiger partial charge in [-0.25, -0.2) is 0 Å². The zero-order valence-corrected chi connectivity index (χ0v) is 18.4. The van der Waals surface area contributed by atoms with E-state index in [0.29, 0.717) is 18.4 Å². The van der Waals surface area contributed by atoms with Crippen LogP contribution in [0.25, 0.3) is 0 Å². The van der Waals surface area contributed by atoms with Gasteiger partial charge >= 0.3 is 7.12 Å². The minimum absolute atomic E-state index is 0. The molecular formula is C21H33BClN3O4. The number of halogens is 1. The van der Waals surface area contributed by atoms with Gasteiger partial charge in [-0.15, -0.1) is 12.4 Å².